The van der Waals surface area contributed by atoms with Crippen molar-refractivity contribution in [1.29, 1.82) is 0 Å². The Morgan fingerprint density at radius 1 is 1.29 bits per heavy atom. The zero-order chi connectivity index (χ0) is 9.54. The molecule has 0 saturated heterocycles. The van der Waals surface area contributed by atoms with Gasteiger partial charge in [0, 0.05) is 6.04 Å². The SMILES string of the molecule is CNC1CC2c3ccccc3CCC12. The molecule has 0 aliphatic heterocycles. The molecular weight excluding hydrogens is 170 g/mol. The van der Waals surface area contributed by atoms with Gasteiger partial charge in [0.05, 0.1) is 0 Å². The van der Waals surface area contributed by atoms with Crippen LogP contribution in [0.1, 0.15) is 29.9 Å². The third-order valence-electron chi connectivity index (χ3n) is 4.11. The highest BCUT2D eigenvalue weighted by atomic mass is 14.9. The summed E-state index contributed by atoms with van der Waals surface area (Å²) in [5.41, 5.74) is 3.23. The summed E-state index contributed by atoms with van der Waals surface area (Å²) in [5.74, 6) is 1.77. The van der Waals surface area contributed by atoms with Crippen molar-refractivity contribution < 1.29 is 0 Å². The van der Waals surface area contributed by atoms with Crippen LogP contribution in [0.15, 0.2) is 24.3 Å². The number of hydrogen-bond acceptors (Lipinski definition) is 1. The van der Waals surface area contributed by atoms with Crippen LogP contribution in [0.25, 0.3) is 0 Å². The summed E-state index contributed by atoms with van der Waals surface area (Å²) in [6, 6.07) is 9.78. The fourth-order valence-corrected chi connectivity index (χ4v) is 3.25. The highest BCUT2D eigenvalue weighted by molar-refractivity contribution is 5.36. The van der Waals surface area contributed by atoms with Crippen molar-refractivity contribution in [2.24, 2.45) is 5.92 Å². The zero-order valence-electron chi connectivity index (χ0n) is 8.66. The summed E-state index contributed by atoms with van der Waals surface area (Å²) in [6.07, 6.45) is 4.01. The Morgan fingerprint density at radius 3 is 3.00 bits per heavy atom. The molecule has 1 nitrogen and oxygen atoms in total. The van der Waals surface area contributed by atoms with E-state index < -0.39 is 0 Å². The predicted molar refractivity (Wildman–Crippen MR) is 58.5 cm³/mol. The summed E-state index contributed by atoms with van der Waals surface area (Å²) in [7, 11) is 2.10. The van der Waals surface area contributed by atoms with Gasteiger partial charge in [-0.1, -0.05) is 24.3 Å². The normalized spacial score (nSPS) is 34.2. The average Bonchev–Trinajstić information content (AvgIpc) is 2.19. The Morgan fingerprint density at radius 2 is 2.14 bits per heavy atom. The molecule has 1 saturated carbocycles. The van der Waals surface area contributed by atoms with Crippen molar-refractivity contribution in [2.45, 2.75) is 31.2 Å². The summed E-state index contributed by atoms with van der Waals surface area (Å²) in [6.45, 7) is 0. The fourth-order valence-electron chi connectivity index (χ4n) is 3.25. The van der Waals surface area contributed by atoms with Gasteiger partial charge in [-0.2, -0.15) is 0 Å². The van der Waals surface area contributed by atoms with E-state index in [1.807, 2.05) is 0 Å². The maximum Gasteiger partial charge on any atom is 0.0104 e. The molecule has 0 spiro atoms. The van der Waals surface area contributed by atoms with E-state index in [4.69, 9.17) is 0 Å². The lowest BCUT2D eigenvalue weighted by molar-refractivity contribution is 0.152. The molecule has 3 rings (SSSR count). The lowest BCUT2D eigenvalue weighted by Crippen LogP contribution is -2.49. The first-order valence-electron chi connectivity index (χ1n) is 5.65. The van der Waals surface area contributed by atoms with Gasteiger partial charge in [0.25, 0.3) is 0 Å². The Balaban J connectivity index is 1.92. The molecule has 0 aromatic heterocycles. The average molecular weight is 187 g/mol. The van der Waals surface area contributed by atoms with E-state index in [0.29, 0.717) is 0 Å². The van der Waals surface area contributed by atoms with Crippen LogP contribution in [0.3, 0.4) is 0 Å². The first-order valence-corrected chi connectivity index (χ1v) is 5.65. The lowest BCUT2D eigenvalue weighted by atomic mass is 9.60. The van der Waals surface area contributed by atoms with Gasteiger partial charge in [-0.15, -0.1) is 0 Å². The molecule has 0 amide bonds. The number of aryl methyl sites for hydroxylation is 1. The molecule has 1 heteroatoms. The molecule has 3 atom stereocenters. The van der Waals surface area contributed by atoms with E-state index in [1.165, 1.54) is 19.3 Å². The van der Waals surface area contributed by atoms with Gasteiger partial charge in [-0.05, 0) is 49.3 Å². The maximum atomic E-state index is 3.43. The number of rotatable bonds is 1. The molecule has 1 fully saturated rings. The summed E-state index contributed by atoms with van der Waals surface area (Å²) < 4.78 is 0. The van der Waals surface area contributed by atoms with Crippen molar-refractivity contribution in [3.8, 4) is 0 Å². The molecule has 1 aromatic carbocycles. The maximum absolute atomic E-state index is 3.43. The third kappa shape index (κ3) is 1.05. The second-order valence-electron chi connectivity index (χ2n) is 4.64. The molecule has 3 unspecified atom stereocenters. The minimum absolute atomic E-state index is 0.786. The smallest absolute Gasteiger partial charge is 0.0104 e. The number of hydrogen-bond donors (Lipinski definition) is 1. The first-order chi connectivity index (χ1) is 6.90. The van der Waals surface area contributed by atoms with Crippen molar-refractivity contribution >= 4 is 0 Å². The Labute approximate surface area is 85.5 Å². The van der Waals surface area contributed by atoms with Gasteiger partial charge in [0.15, 0.2) is 0 Å². The van der Waals surface area contributed by atoms with E-state index in [1.54, 1.807) is 11.1 Å². The van der Waals surface area contributed by atoms with Gasteiger partial charge in [0.1, 0.15) is 0 Å². The Kier molecular flexibility index (Phi) is 1.88. The van der Waals surface area contributed by atoms with E-state index in [2.05, 4.69) is 36.6 Å². The van der Waals surface area contributed by atoms with Gasteiger partial charge in [-0.25, -0.2) is 0 Å². The van der Waals surface area contributed by atoms with E-state index in [9.17, 15) is 0 Å². The van der Waals surface area contributed by atoms with Gasteiger partial charge in [-0.3, -0.25) is 0 Å². The highest BCUT2D eigenvalue weighted by Gasteiger charge is 2.43. The first kappa shape index (κ1) is 8.49. The molecular formula is C13H17N. The summed E-state index contributed by atoms with van der Waals surface area (Å²) in [4.78, 5) is 0. The van der Waals surface area contributed by atoms with Gasteiger partial charge in [0.2, 0.25) is 0 Å². The largest absolute Gasteiger partial charge is 0.317 e. The molecule has 74 valence electrons. The van der Waals surface area contributed by atoms with Crippen LogP contribution in [-0.2, 0) is 6.42 Å². The van der Waals surface area contributed by atoms with Gasteiger partial charge >= 0.3 is 0 Å². The topological polar surface area (TPSA) is 12.0 Å². The Bertz CT molecular complexity index is 345. The number of benzene rings is 1. The lowest BCUT2D eigenvalue weighted by Gasteiger charge is -2.48. The standard InChI is InChI=1S/C13H17N/c1-14-13-8-12-10-5-3-2-4-9(10)6-7-11(12)13/h2-5,11-14H,6-8H2,1H3. The summed E-state index contributed by atoms with van der Waals surface area (Å²) >= 11 is 0. The van der Waals surface area contributed by atoms with Crippen LogP contribution in [0.4, 0.5) is 0 Å². The third-order valence-corrected chi connectivity index (χ3v) is 4.11. The molecule has 2 aliphatic carbocycles. The monoisotopic (exact) mass is 187 g/mol. The summed E-state index contributed by atoms with van der Waals surface area (Å²) in [5, 5.41) is 3.43. The van der Waals surface area contributed by atoms with Crippen LogP contribution >= 0.6 is 0 Å². The van der Waals surface area contributed by atoms with E-state index in [0.717, 1.165) is 17.9 Å². The van der Waals surface area contributed by atoms with Crippen molar-refractivity contribution in [2.75, 3.05) is 7.05 Å². The van der Waals surface area contributed by atoms with Crippen molar-refractivity contribution in [3.63, 3.8) is 0 Å². The van der Waals surface area contributed by atoms with Crippen LogP contribution in [-0.4, -0.2) is 13.1 Å². The second kappa shape index (κ2) is 3.09. The second-order valence-corrected chi connectivity index (χ2v) is 4.64. The number of fused-ring (bicyclic) bond motifs is 3. The molecule has 2 aliphatic rings. The van der Waals surface area contributed by atoms with Gasteiger partial charge < -0.3 is 5.32 Å². The van der Waals surface area contributed by atoms with Crippen molar-refractivity contribution in [3.05, 3.63) is 35.4 Å². The number of nitrogens with one attached hydrogen (secondary N) is 1. The minimum Gasteiger partial charge on any atom is -0.317 e. The zero-order valence-corrected chi connectivity index (χ0v) is 8.66. The Hall–Kier alpha value is -0.820. The molecule has 1 aromatic rings. The molecule has 0 radical (unpaired) electrons. The molecule has 0 heterocycles. The molecule has 14 heavy (non-hydrogen) atoms. The van der Waals surface area contributed by atoms with Crippen molar-refractivity contribution in [1.82, 2.24) is 5.32 Å². The van der Waals surface area contributed by atoms with Crippen LogP contribution < -0.4 is 5.32 Å². The van der Waals surface area contributed by atoms with E-state index in [-0.39, 0.29) is 0 Å². The van der Waals surface area contributed by atoms with Crippen LogP contribution in [0.5, 0.6) is 0 Å². The quantitative estimate of drug-likeness (QED) is 0.711. The van der Waals surface area contributed by atoms with Crippen LogP contribution in [0, 0.1) is 5.92 Å². The predicted octanol–water partition coefficient (Wildman–Crippen LogP) is 2.32. The minimum atomic E-state index is 0.786. The molecule has 0 bridgehead atoms. The highest BCUT2D eigenvalue weighted by Crippen LogP contribution is 2.49. The molecule has 1 N–H and O–H groups in total. The van der Waals surface area contributed by atoms with Crippen LogP contribution in [0.2, 0.25) is 0 Å². The van der Waals surface area contributed by atoms with E-state index >= 15 is 0 Å². The fraction of sp³-hybridized carbons (Fsp3) is 0.538.